The molecular weight excluding hydrogens is 410 g/mol. The topological polar surface area (TPSA) is 103 Å². The number of rotatable bonds is 5. The van der Waals surface area contributed by atoms with E-state index in [4.69, 9.17) is 14.2 Å². The number of aromatic nitrogens is 1. The fourth-order valence-corrected chi connectivity index (χ4v) is 3.49. The van der Waals surface area contributed by atoms with Crippen LogP contribution in [0.3, 0.4) is 0 Å². The van der Waals surface area contributed by atoms with Crippen LogP contribution in [-0.4, -0.2) is 35.8 Å². The smallest absolute Gasteiger partial charge is 0.351 e. The Morgan fingerprint density at radius 2 is 1.81 bits per heavy atom. The van der Waals surface area contributed by atoms with Crippen LogP contribution in [0.4, 0.5) is 5.82 Å². The number of nitrogens with zero attached hydrogens (tertiary/aromatic N) is 2. The van der Waals surface area contributed by atoms with Gasteiger partial charge in [0.15, 0.2) is 18.1 Å². The number of nitriles is 1. The van der Waals surface area contributed by atoms with Crippen LogP contribution in [0.25, 0.3) is 5.69 Å². The number of esters is 1. The van der Waals surface area contributed by atoms with Crippen LogP contribution in [0.2, 0.25) is 0 Å². The molecule has 32 heavy (non-hydrogen) atoms. The summed E-state index contributed by atoms with van der Waals surface area (Å²) in [7, 11) is 0. The summed E-state index contributed by atoms with van der Waals surface area (Å²) in [4.78, 5) is 25.0. The number of hydrogen-bond donors (Lipinski definition) is 1. The van der Waals surface area contributed by atoms with Gasteiger partial charge in [-0.15, -0.1) is 0 Å². The quantitative estimate of drug-likeness (QED) is 0.622. The fourth-order valence-electron chi connectivity index (χ4n) is 3.49. The standard InChI is InChI=1S/C24H21N3O5/c1-15-16(2)27(17-8-4-3-5-9-17)23(18(15)12-25)26-22(28)14-31-24(29)21-13-30-19-10-6-7-11-20(19)32-21/h3-11,21H,13-14H2,1-2H3,(H,26,28). The van der Waals surface area contributed by atoms with E-state index in [-0.39, 0.29) is 6.61 Å². The molecule has 0 bridgehead atoms. The SMILES string of the molecule is Cc1c(C#N)c(NC(=O)COC(=O)C2COc3ccccc3O2)n(-c2ccccc2)c1C. The summed E-state index contributed by atoms with van der Waals surface area (Å²) in [5.41, 5.74) is 2.74. The van der Waals surface area contributed by atoms with Crippen molar-refractivity contribution in [1.82, 2.24) is 4.57 Å². The van der Waals surface area contributed by atoms with E-state index in [2.05, 4.69) is 11.4 Å². The van der Waals surface area contributed by atoms with Crippen molar-refractivity contribution in [3.05, 3.63) is 71.4 Å². The van der Waals surface area contributed by atoms with E-state index < -0.39 is 24.6 Å². The zero-order valence-electron chi connectivity index (χ0n) is 17.6. The molecule has 0 fully saturated rings. The maximum Gasteiger partial charge on any atom is 0.351 e. The third-order valence-corrected chi connectivity index (χ3v) is 5.21. The molecule has 1 N–H and O–H groups in total. The Morgan fingerprint density at radius 3 is 2.53 bits per heavy atom. The molecule has 1 amide bonds. The second-order valence-corrected chi connectivity index (χ2v) is 7.24. The maximum atomic E-state index is 12.6. The first-order chi connectivity index (χ1) is 15.5. The van der Waals surface area contributed by atoms with Crippen molar-refractivity contribution >= 4 is 17.7 Å². The first-order valence-electron chi connectivity index (χ1n) is 10.0. The lowest BCUT2D eigenvalue weighted by molar-refractivity contribution is -0.156. The minimum absolute atomic E-state index is 0.00864. The van der Waals surface area contributed by atoms with E-state index in [0.29, 0.717) is 22.9 Å². The lowest BCUT2D eigenvalue weighted by atomic mass is 10.2. The Bertz CT molecular complexity index is 1210. The van der Waals surface area contributed by atoms with Crippen molar-refractivity contribution in [3.8, 4) is 23.3 Å². The van der Waals surface area contributed by atoms with E-state index in [1.807, 2.05) is 44.2 Å². The average Bonchev–Trinajstić information content (AvgIpc) is 3.06. The molecule has 0 radical (unpaired) electrons. The number of hydrogen-bond acceptors (Lipinski definition) is 6. The van der Waals surface area contributed by atoms with Gasteiger partial charge in [0.1, 0.15) is 18.5 Å². The third-order valence-electron chi connectivity index (χ3n) is 5.21. The summed E-state index contributed by atoms with van der Waals surface area (Å²) in [5, 5.41) is 12.4. The number of nitrogens with one attached hydrogen (secondary N) is 1. The van der Waals surface area contributed by atoms with Gasteiger partial charge in [0.2, 0.25) is 6.10 Å². The Labute approximate surface area is 184 Å². The van der Waals surface area contributed by atoms with Crippen molar-refractivity contribution in [2.45, 2.75) is 20.0 Å². The molecule has 1 aromatic heterocycles. The third kappa shape index (κ3) is 4.01. The van der Waals surface area contributed by atoms with Gasteiger partial charge in [-0.1, -0.05) is 30.3 Å². The summed E-state index contributed by atoms with van der Waals surface area (Å²) in [6.07, 6.45) is -0.968. The highest BCUT2D eigenvalue weighted by atomic mass is 16.6. The largest absolute Gasteiger partial charge is 0.485 e. The van der Waals surface area contributed by atoms with Gasteiger partial charge in [-0.3, -0.25) is 9.36 Å². The Kier molecular flexibility index (Phi) is 5.81. The molecule has 0 saturated heterocycles. The molecular formula is C24H21N3O5. The number of benzene rings is 2. The molecule has 0 aliphatic carbocycles. The summed E-state index contributed by atoms with van der Waals surface area (Å²) >= 11 is 0. The number of carbonyl (C=O) groups is 2. The lowest BCUT2D eigenvalue weighted by Crippen LogP contribution is -2.39. The monoisotopic (exact) mass is 431 g/mol. The van der Waals surface area contributed by atoms with Crippen molar-refractivity contribution in [1.29, 1.82) is 5.26 Å². The minimum Gasteiger partial charge on any atom is -0.485 e. The zero-order valence-corrected chi connectivity index (χ0v) is 17.6. The van der Waals surface area contributed by atoms with Crippen LogP contribution in [0.5, 0.6) is 11.5 Å². The van der Waals surface area contributed by atoms with Crippen molar-refractivity contribution in [3.63, 3.8) is 0 Å². The van der Waals surface area contributed by atoms with Gasteiger partial charge in [-0.05, 0) is 43.7 Å². The predicted molar refractivity (Wildman–Crippen MR) is 116 cm³/mol. The van der Waals surface area contributed by atoms with Crippen LogP contribution in [-0.2, 0) is 14.3 Å². The lowest BCUT2D eigenvalue weighted by Gasteiger charge is -2.24. The van der Waals surface area contributed by atoms with Gasteiger partial charge in [0.05, 0.1) is 5.56 Å². The van der Waals surface area contributed by atoms with E-state index in [9.17, 15) is 14.9 Å². The molecule has 8 heteroatoms. The molecule has 0 saturated carbocycles. The molecule has 8 nitrogen and oxygen atoms in total. The summed E-state index contributed by atoms with van der Waals surface area (Å²) in [5.74, 6) is 0.0461. The highest BCUT2D eigenvalue weighted by Gasteiger charge is 2.29. The molecule has 2 heterocycles. The second-order valence-electron chi connectivity index (χ2n) is 7.24. The summed E-state index contributed by atoms with van der Waals surface area (Å²) in [6, 6.07) is 18.5. The average molecular weight is 431 g/mol. The number of fused-ring (bicyclic) bond motifs is 1. The Hall–Kier alpha value is -4.25. The first-order valence-corrected chi connectivity index (χ1v) is 10.0. The van der Waals surface area contributed by atoms with Crippen molar-refractivity contribution in [2.24, 2.45) is 0 Å². The number of carbonyl (C=O) groups excluding carboxylic acids is 2. The summed E-state index contributed by atoms with van der Waals surface area (Å²) < 4.78 is 18.0. The van der Waals surface area contributed by atoms with Crippen LogP contribution >= 0.6 is 0 Å². The molecule has 2 aromatic carbocycles. The highest BCUT2D eigenvalue weighted by Crippen LogP contribution is 2.31. The zero-order chi connectivity index (χ0) is 22.7. The number of ether oxygens (including phenoxy) is 3. The van der Waals surface area contributed by atoms with Gasteiger partial charge >= 0.3 is 5.97 Å². The normalized spacial score (nSPS) is 14.3. The van der Waals surface area contributed by atoms with Crippen LogP contribution < -0.4 is 14.8 Å². The van der Waals surface area contributed by atoms with E-state index in [0.717, 1.165) is 16.9 Å². The van der Waals surface area contributed by atoms with Gasteiger partial charge < -0.3 is 19.5 Å². The number of amides is 1. The van der Waals surface area contributed by atoms with Gasteiger partial charge in [-0.2, -0.15) is 5.26 Å². The molecule has 1 unspecified atom stereocenters. The van der Waals surface area contributed by atoms with E-state index in [1.54, 1.807) is 28.8 Å². The molecule has 3 aromatic rings. The number of para-hydroxylation sites is 3. The Morgan fingerprint density at radius 1 is 1.12 bits per heavy atom. The predicted octanol–water partition coefficient (Wildman–Crippen LogP) is 3.29. The maximum absolute atomic E-state index is 12.6. The molecule has 1 atom stereocenters. The van der Waals surface area contributed by atoms with Crippen LogP contribution in [0.1, 0.15) is 16.8 Å². The molecule has 162 valence electrons. The van der Waals surface area contributed by atoms with Crippen LogP contribution in [0.15, 0.2) is 54.6 Å². The van der Waals surface area contributed by atoms with Gasteiger partial charge in [0.25, 0.3) is 5.91 Å². The molecule has 4 rings (SSSR count). The van der Waals surface area contributed by atoms with Gasteiger partial charge in [-0.25, -0.2) is 4.79 Å². The number of anilines is 1. The van der Waals surface area contributed by atoms with Crippen molar-refractivity contribution < 1.29 is 23.8 Å². The second kappa shape index (κ2) is 8.86. The fraction of sp³-hybridized carbons (Fsp3) is 0.208. The molecule has 1 aliphatic heterocycles. The van der Waals surface area contributed by atoms with Crippen molar-refractivity contribution in [2.75, 3.05) is 18.5 Å². The van der Waals surface area contributed by atoms with E-state index >= 15 is 0 Å². The first kappa shape index (κ1) is 21.0. The van der Waals surface area contributed by atoms with Crippen LogP contribution in [0, 0.1) is 25.2 Å². The highest BCUT2D eigenvalue weighted by molar-refractivity contribution is 5.94. The molecule has 1 aliphatic rings. The summed E-state index contributed by atoms with van der Waals surface area (Å²) in [6.45, 7) is 3.16. The van der Waals surface area contributed by atoms with E-state index in [1.165, 1.54) is 0 Å². The van der Waals surface area contributed by atoms with Gasteiger partial charge in [0, 0.05) is 11.4 Å². The Balaban J connectivity index is 1.45. The minimum atomic E-state index is -0.968. The molecule has 0 spiro atoms.